The van der Waals surface area contributed by atoms with Gasteiger partial charge in [0, 0.05) is 37.4 Å². The van der Waals surface area contributed by atoms with Gasteiger partial charge >= 0.3 is 6.03 Å². The fourth-order valence-corrected chi connectivity index (χ4v) is 2.83. The zero-order chi connectivity index (χ0) is 17.9. The van der Waals surface area contributed by atoms with Crippen LogP contribution >= 0.6 is 0 Å². The number of aromatic nitrogens is 2. The first kappa shape index (κ1) is 17.3. The van der Waals surface area contributed by atoms with Gasteiger partial charge in [0.15, 0.2) is 0 Å². The minimum Gasteiger partial charge on any atom is -0.508 e. The summed E-state index contributed by atoms with van der Waals surface area (Å²) in [5, 5.41) is 24.9. The Bertz CT molecular complexity index is 722. The van der Waals surface area contributed by atoms with Crippen molar-refractivity contribution in [2.24, 2.45) is 5.41 Å². The van der Waals surface area contributed by atoms with Crippen LogP contribution in [0.3, 0.4) is 0 Å². The van der Waals surface area contributed by atoms with Crippen LogP contribution in [-0.4, -0.2) is 38.9 Å². The van der Waals surface area contributed by atoms with Crippen molar-refractivity contribution in [1.29, 1.82) is 0 Å². The summed E-state index contributed by atoms with van der Waals surface area (Å²) in [5.74, 6) is 1.12. The average molecular weight is 344 g/mol. The number of phenolic OH excluding ortho intramolecular Hbond substituents is 1. The molecule has 1 saturated carbocycles. The Morgan fingerprint density at radius 2 is 2.04 bits per heavy atom. The van der Waals surface area contributed by atoms with Gasteiger partial charge in [-0.05, 0) is 37.5 Å². The zero-order valence-electron chi connectivity index (χ0n) is 14.3. The fraction of sp³-hybridized carbons (Fsp3) is 0.444. The van der Waals surface area contributed by atoms with Crippen LogP contribution in [0.25, 0.3) is 0 Å². The lowest BCUT2D eigenvalue weighted by atomic mass is 10.1. The zero-order valence-corrected chi connectivity index (χ0v) is 14.3. The number of aliphatic hydroxyl groups is 1. The van der Waals surface area contributed by atoms with E-state index in [2.05, 4.69) is 20.2 Å². The summed E-state index contributed by atoms with van der Waals surface area (Å²) < 4.78 is 2.11. The summed E-state index contributed by atoms with van der Waals surface area (Å²) in [6, 6.07) is 5.99. The molecule has 1 aromatic heterocycles. The first-order valence-corrected chi connectivity index (χ1v) is 8.44. The molecule has 0 saturated heterocycles. The van der Waals surface area contributed by atoms with Gasteiger partial charge in [-0.25, -0.2) is 9.78 Å². The van der Waals surface area contributed by atoms with E-state index in [1.807, 2.05) is 13.1 Å². The lowest BCUT2D eigenvalue weighted by Gasteiger charge is -2.18. The first-order valence-electron chi connectivity index (χ1n) is 8.44. The van der Waals surface area contributed by atoms with Crippen molar-refractivity contribution >= 4 is 6.03 Å². The van der Waals surface area contributed by atoms with Gasteiger partial charge in [-0.1, -0.05) is 12.1 Å². The molecule has 134 valence electrons. The summed E-state index contributed by atoms with van der Waals surface area (Å²) in [6.07, 6.45) is 5.11. The number of urea groups is 1. The van der Waals surface area contributed by atoms with Crippen LogP contribution < -0.4 is 10.6 Å². The molecular weight excluding hydrogens is 320 g/mol. The Morgan fingerprint density at radius 1 is 1.32 bits per heavy atom. The Morgan fingerprint density at radius 3 is 2.64 bits per heavy atom. The van der Waals surface area contributed by atoms with Crippen molar-refractivity contribution in [3.63, 3.8) is 0 Å². The molecule has 1 aliphatic carbocycles. The first-order chi connectivity index (χ1) is 12.0. The minimum atomic E-state index is -0.810. The molecule has 1 fully saturated rings. The Hall–Kier alpha value is -2.54. The second kappa shape index (κ2) is 7.14. The largest absolute Gasteiger partial charge is 0.508 e. The van der Waals surface area contributed by atoms with Crippen molar-refractivity contribution < 1.29 is 15.0 Å². The van der Waals surface area contributed by atoms with Crippen molar-refractivity contribution in [3.05, 3.63) is 48.0 Å². The molecule has 25 heavy (non-hydrogen) atoms. The number of carbonyl (C=O) groups is 1. The maximum Gasteiger partial charge on any atom is 0.314 e. The van der Waals surface area contributed by atoms with Crippen molar-refractivity contribution in [2.75, 3.05) is 13.1 Å². The number of phenols is 1. The lowest BCUT2D eigenvalue weighted by molar-refractivity contribution is 0.172. The van der Waals surface area contributed by atoms with Gasteiger partial charge in [-0.15, -0.1) is 0 Å². The molecule has 2 aromatic rings. The summed E-state index contributed by atoms with van der Waals surface area (Å²) >= 11 is 0. The normalized spacial score (nSPS) is 16.2. The van der Waals surface area contributed by atoms with E-state index in [0.29, 0.717) is 12.1 Å². The monoisotopic (exact) mass is 344 g/mol. The summed E-state index contributed by atoms with van der Waals surface area (Å²) in [7, 11) is 0. The van der Waals surface area contributed by atoms with E-state index in [0.717, 1.165) is 25.2 Å². The Balaban J connectivity index is 1.42. The number of hydrogen-bond acceptors (Lipinski definition) is 4. The third-order valence-electron chi connectivity index (χ3n) is 4.74. The highest BCUT2D eigenvalue weighted by Crippen LogP contribution is 2.46. The van der Waals surface area contributed by atoms with Crippen LogP contribution in [-0.2, 0) is 6.54 Å². The van der Waals surface area contributed by atoms with Crippen LogP contribution in [0.5, 0.6) is 5.75 Å². The topological polar surface area (TPSA) is 99.4 Å². The maximum atomic E-state index is 12.0. The molecule has 0 spiro atoms. The second-order valence-corrected chi connectivity index (χ2v) is 6.77. The van der Waals surface area contributed by atoms with Crippen LogP contribution in [0.1, 0.15) is 30.3 Å². The molecule has 1 aromatic carbocycles. The van der Waals surface area contributed by atoms with Gasteiger partial charge in [-0.2, -0.15) is 0 Å². The smallest absolute Gasteiger partial charge is 0.314 e. The molecular formula is C18H24N4O3. The fourth-order valence-electron chi connectivity index (χ4n) is 2.83. The number of nitrogens with zero attached hydrogens (tertiary/aromatic N) is 2. The van der Waals surface area contributed by atoms with Crippen LogP contribution in [0.15, 0.2) is 36.7 Å². The van der Waals surface area contributed by atoms with Gasteiger partial charge in [0.1, 0.15) is 11.6 Å². The lowest BCUT2D eigenvalue weighted by Crippen LogP contribution is -2.41. The van der Waals surface area contributed by atoms with Crippen LogP contribution in [0, 0.1) is 12.3 Å². The highest BCUT2D eigenvalue weighted by molar-refractivity contribution is 5.73. The molecule has 0 unspecified atom stereocenters. The molecule has 1 heterocycles. The molecule has 1 aliphatic rings. The van der Waals surface area contributed by atoms with Crippen molar-refractivity contribution in [1.82, 2.24) is 20.2 Å². The molecule has 0 radical (unpaired) electrons. The van der Waals surface area contributed by atoms with Crippen LogP contribution in [0.4, 0.5) is 4.79 Å². The summed E-state index contributed by atoms with van der Waals surface area (Å²) in [6.45, 7) is 3.55. The van der Waals surface area contributed by atoms with E-state index in [-0.39, 0.29) is 23.7 Å². The standard InChI is InChI=1S/C18H24N4O3/c1-13-19-8-9-22(13)12-18(6-7-18)11-21-17(25)20-10-16(24)14-2-4-15(23)5-3-14/h2-5,8-9,16,23-24H,6-7,10-12H2,1H3,(H2,20,21,25)/t16-/m1/s1. The van der Waals surface area contributed by atoms with Crippen LogP contribution in [0.2, 0.25) is 0 Å². The molecule has 2 amide bonds. The molecule has 3 rings (SSSR count). The molecule has 4 N–H and O–H groups in total. The van der Waals surface area contributed by atoms with Gasteiger partial charge in [0.2, 0.25) is 0 Å². The average Bonchev–Trinajstić information content (AvgIpc) is 3.26. The SMILES string of the molecule is Cc1nccn1CC1(CNC(=O)NC[C@@H](O)c2ccc(O)cc2)CC1. The van der Waals surface area contributed by atoms with Gasteiger partial charge in [0.25, 0.3) is 0 Å². The number of nitrogens with one attached hydrogen (secondary N) is 2. The van der Waals surface area contributed by atoms with E-state index in [1.54, 1.807) is 18.3 Å². The predicted molar refractivity (Wildman–Crippen MR) is 93.1 cm³/mol. The predicted octanol–water partition coefficient (Wildman–Crippen LogP) is 1.71. The number of hydrogen-bond donors (Lipinski definition) is 4. The third kappa shape index (κ3) is 4.51. The quantitative estimate of drug-likeness (QED) is 0.614. The van der Waals surface area contributed by atoms with Gasteiger partial charge in [0.05, 0.1) is 6.10 Å². The van der Waals surface area contributed by atoms with E-state index >= 15 is 0 Å². The second-order valence-electron chi connectivity index (χ2n) is 6.77. The number of imidazole rings is 1. The van der Waals surface area contributed by atoms with E-state index in [1.165, 1.54) is 12.1 Å². The number of amides is 2. The number of benzene rings is 1. The van der Waals surface area contributed by atoms with Gasteiger partial charge in [-0.3, -0.25) is 0 Å². The third-order valence-corrected chi connectivity index (χ3v) is 4.74. The molecule has 0 aliphatic heterocycles. The van der Waals surface area contributed by atoms with Gasteiger partial charge < -0.3 is 25.4 Å². The highest BCUT2D eigenvalue weighted by Gasteiger charge is 2.43. The van der Waals surface area contributed by atoms with E-state index < -0.39 is 6.10 Å². The number of carbonyl (C=O) groups excluding carboxylic acids is 1. The number of aryl methyl sites for hydroxylation is 1. The van der Waals surface area contributed by atoms with Crippen molar-refractivity contribution in [3.8, 4) is 5.75 Å². The number of aromatic hydroxyl groups is 1. The van der Waals surface area contributed by atoms with Crippen molar-refractivity contribution in [2.45, 2.75) is 32.4 Å². The summed E-state index contributed by atoms with van der Waals surface area (Å²) in [4.78, 5) is 16.2. The van der Waals surface area contributed by atoms with E-state index in [9.17, 15) is 15.0 Å². The molecule has 7 nitrogen and oxygen atoms in total. The molecule has 7 heteroatoms. The number of aliphatic hydroxyl groups excluding tert-OH is 1. The molecule has 0 bridgehead atoms. The number of rotatable bonds is 7. The Kier molecular flexibility index (Phi) is 4.94. The Labute approximate surface area is 146 Å². The summed E-state index contributed by atoms with van der Waals surface area (Å²) in [5.41, 5.74) is 0.755. The van der Waals surface area contributed by atoms with E-state index in [4.69, 9.17) is 0 Å². The molecule has 1 atom stereocenters. The maximum absolute atomic E-state index is 12.0. The highest BCUT2D eigenvalue weighted by atomic mass is 16.3. The minimum absolute atomic E-state index is 0.109.